The van der Waals surface area contributed by atoms with Gasteiger partial charge in [0.15, 0.2) is 0 Å². The van der Waals surface area contributed by atoms with Crippen molar-refractivity contribution in [3.8, 4) is 0 Å². The first-order valence-corrected chi connectivity index (χ1v) is 5.04. The Morgan fingerprint density at radius 2 is 2.50 bits per heavy atom. The molecule has 0 bridgehead atoms. The van der Waals surface area contributed by atoms with Gasteiger partial charge >= 0.3 is 0 Å². The lowest BCUT2D eigenvalue weighted by atomic mass is 10.1. The zero-order valence-corrected chi connectivity index (χ0v) is 8.29. The fourth-order valence-electron chi connectivity index (χ4n) is 1.05. The highest BCUT2D eigenvalue weighted by Crippen LogP contribution is 2.14. The molecule has 0 aromatic carbocycles. The molecule has 0 aliphatic heterocycles. The van der Waals surface area contributed by atoms with E-state index in [1.807, 2.05) is 7.05 Å². The molecular weight excluding hydrogens is 166 g/mol. The molecule has 0 aliphatic carbocycles. The van der Waals surface area contributed by atoms with Crippen LogP contribution in [-0.2, 0) is 6.42 Å². The third-order valence-electron chi connectivity index (χ3n) is 1.73. The first-order chi connectivity index (χ1) is 5.83. The van der Waals surface area contributed by atoms with E-state index in [2.05, 4.69) is 29.4 Å². The van der Waals surface area contributed by atoms with E-state index in [0.29, 0.717) is 0 Å². The number of rotatable bonds is 5. The lowest BCUT2D eigenvalue weighted by Gasteiger charge is -2.02. The molecule has 66 valence electrons. The fourth-order valence-corrected chi connectivity index (χ4v) is 1.83. The Morgan fingerprint density at radius 1 is 1.67 bits per heavy atom. The van der Waals surface area contributed by atoms with Gasteiger partial charge in [0.1, 0.15) is 0 Å². The van der Waals surface area contributed by atoms with E-state index in [1.54, 1.807) is 11.3 Å². The van der Waals surface area contributed by atoms with Crippen molar-refractivity contribution in [3.63, 3.8) is 0 Å². The van der Waals surface area contributed by atoms with E-state index in [0.717, 1.165) is 19.4 Å². The van der Waals surface area contributed by atoms with Crippen molar-refractivity contribution in [2.75, 3.05) is 13.6 Å². The second kappa shape index (κ2) is 5.12. The van der Waals surface area contributed by atoms with Gasteiger partial charge < -0.3 is 5.32 Å². The molecule has 0 atom stereocenters. The molecule has 0 saturated heterocycles. The maximum absolute atomic E-state index is 4.03. The van der Waals surface area contributed by atoms with Crippen molar-refractivity contribution in [2.45, 2.75) is 12.8 Å². The van der Waals surface area contributed by atoms with Crippen LogP contribution in [0.1, 0.15) is 11.3 Å². The molecular formula is C10H15NS. The smallest absolute Gasteiger partial charge is 0.00855 e. The fraction of sp³-hybridized carbons (Fsp3) is 0.400. The molecule has 1 N–H and O–H groups in total. The van der Waals surface area contributed by atoms with Crippen molar-refractivity contribution in [2.24, 2.45) is 0 Å². The predicted octanol–water partition coefficient (Wildman–Crippen LogP) is 2.46. The summed E-state index contributed by atoms with van der Waals surface area (Å²) < 4.78 is 0. The Balaban J connectivity index is 2.27. The maximum Gasteiger partial charge on any atom is 0.00855 e. The molecule has 1 nitrogen and oxygen atoms in total. The Bertz CT molecular complexity index is 226. The summed E-state index contributed by atoms with van der Waals surface area (Å²) in [6.07, 6.45) is 2.12. The molecule has 0 aliphatic rings. The van der Waals surface area contributed by atoms with Crippen molar-refractivity contribution in [3.05, 3.63) is 34.5 Å². The van der Waals surface area contributed by atoms with Gasteiger partial charge in [-0.3, -0.25) is 0 Å². The van der Waals surface area contributed by atoms with E-state index in [1.165, 1.54) is 10.5 Å². The Kier molecular flexibility index (Phi) is 4.05. The predicted molar refractivity (Wildman–Crippen MR) is 55.7 cm³/mol. The summed E-state index contributed by atoms with van der Waals surface area (Å²) in [5, 5.41) is 5.23. The van der Waals surface area contributed by atoms with Gasteiger partial charge in [-0.05, 0) is 31.5 Å². The topological polar surface area (TPSA) is 12.0 Å². The first kappa shape index (κ1) is 9.49. The van der Waals surface area contributed by atoms with Gasteiger partial charge in [-0.25, -0.2) is 0 Å². The highest BCUT2D eigenvalue weighted by molar-refractivity contribution is 7.09. The minimum Gasteiger partial charge on any atom is -0.319 e. The van der Waals surface area contributed by atoms with Crippen molar-refractivity contribution < 1.29 is 0 Å². The van der Waals surface area contributed by atoms with E-state index >= 15 is 0 Å². The number of nitrogens with one attached hydrogen (secondary N) is 1. The Hall–Kier alpha value is -0.600. The molecule has 1 rings (SSSR count). The zero-order chi connectivity index (χ0) is 8.81. The van der Waals surface area contributed by atoms with Crippen LogP contribution >= 0.6 is 11.3 Å². The molecule has 1 aromatic rings. The van der Waals surface area contributed by atoms with E-state index in [4.69, 9.17) is 0 Å². The van der Waals surface area contributed by atoms with Gasteiger partial charge in [0, 0.05) is 11.3 Å². The minimum atomic E-state index is 1.03. The van der Waals surface area contributed by atoms with Gasteiger partial charge in [0.25, 0.3) is 0 Å². The summed E-state index contributed by atoms with van der Waals surface area (Å²) in [6.45, 7) is 5.07. The van der Waals surface area contributed by atoms with Crippen LogP contribution in [0.5, 0.6) is 0 Å². The van der Waals surface area contributed by atoms with Crippen LogP contribution < -0.4 is 5.32 Å². The second-order valence-electron chi connectivity index (χ2n) is 2.86. The van der Waals surface area contributed by atoms with Crippen molar-refractivity contribution in [1.82, 2.24) is 5.32 Å². The first-order valence-electron chi connectivity index (χ1n) is 4.16. The van der Waals surface area contributed by atoms with E-state index < -0.39 is 0 Å². The minimum absolute atomic E-state index is 1.03. The quantitative estimate of drug-likeness (QED) is 0.688. The Labute approximate surface area is 78.1 Å². The highest BCUT2D eigenvalue weighted by Gasteiger charge is 1.97. The van der Waals surface area contributed by atoms with Crippen molar-refractivity contribution >= 4 is 11.3 Å². The molecule has 12 heavy (non-hydrogen) atoms. The number of hydrogen-bond acceptors (Lipinski definition) is 2. The lowest BCUT2D eigenvalue weighted by Crippen LogP contribution is -2.08. The summed E-state index contributed by atoms with van der Waals surface area (Å²) in [4.78, 5) is 1.41. The standard InChI is InChI=1S/C10H15NS/c1-9(5-6-11-2)8-10-4-3-7-12-10/h3-4,7,11H,1,5-6,8H2,2H3. The molecule has 2 heteroatoms. The third-order valence-corrected chi connectivity index (χ3v) is 2.61. The van der Waals surface area contributed by atoms with E-state index in [-0.39, 0.29) is 0 Å². The summed E-state index contributed by atoms with van der Waals surface area (Å²) in [5.74, 6) is 0. The average molecular weight is 181 g/mol. The monoisotopic (exact) mass is 181 g/mol. The van der Waals surface area contributed by atoms with Gasteiger partial charge in [0.2, 0.25) is 0 Å². The largest absolute Gasteiger partial charge is 0.319 e. The van der Waals surface area contributed by atoms with Gasteiger partial charge in [-0.2, -0.15) is 0 Å². The SMILES string of the molecule is C=C(CCNC)Cc1cccs1. The molecule has 0 saturated carbocycles. The normalized spacial score (nSPS) is 10.1. The third kappa shape index (κ3) is 3.20. The molecule has 0 radical (unpaired) electrons. The molecule has 1 aromatic heterocycles. The van der Waals surface area contributed by atoms with Crippen LogP contribution in [0, 0.1) is 0 Å². The van der Waals surface area contributed by atoms with Crippen LogP contribution in [0.2, 0.25) is 0 Å². The zero-order valence-electron chi connectivity index (χ0n) is 7.47. The van der Waals surface area contributed by atoms with Crippen LogP contribution in [0.4, 0.5) is 0 Å². The summed E-state index contributed by atoms with van der Waals surface area (Å²) in [7, 11) is 1.97. The van der Waals surface area contributed by atoms with Crippen LogP contribution in [0.3, 0.4) is 0 Å². The number of thiophene rings is 1. The summed E-state index contributed by atoms with van der Waals surface area (Å²) in [6, 6.07) is 4.25. The molecule has 0 amide bonds. The second-order valence-corrected chi connectivity index (χ2v) is 3.89. The number of hydrogen-bond donors (Lipinski definition) is 1. The van der Waals surface area contributed by atoms with Gasteiger partial charge in [-0.15, -0.1) is 11.3 Å². The highest BCUT2D eigenvalue weighted by atomic mass is 32.1. The maximum atomic E-state index is 4.03. The summed E-state index contributed by atoms with van der Waals surface area (Å²) >= 11 is 1.80. The molecule has 0 unspecified atom stereocenters. The van der Waals surface area contributed by atoms with Crippen LogP contribution in [0.25, 0.3) is 0 Å². The molecule has 0 spiro atoms. The Morgan fingerprint density at radius 3 is 3.08 bits per heavy atom. The molecule has 0 fully saturated rings. The van der Waals surface area contributed by atoms with Gasteiger partial charge in [-0.1, -0.05) is 18.2 Å². The van der Waals surface area contributed by atoms with Crippen LogP contribution in [0.15, 0.2) is 29.7 Å². The van der Waals surface area contributed by atoms with E-state index in [9.17, 15) is 0 Å². The van der Waals surface area contributed by atoms with Gasteiger partial charge in [0.05, 0.1) is 0 Å². The average Bonchev–Trinajstić information content (AvgIpc) is 2.53. The van der Waals surface area contributed by atoms with Crippen LogP contribution in [-0.4, -0.2) is 13.6 Å². The summed E-state index contributed by atoms with van der Waals surface area (Å²) in [5.41, 5.74) is 1.31. The lowest BCUT2D eigenvalue weighted by molar-refractivity contribution is 0.776. The van der Waals surface area contributed by atoms with Crippen molar-refractivity contribution in [1.29, 1.82) is 0 Å². The molecule has 1 heterocycles.